The fraction of sp³-hybridized carbons (Fsp3) is 0.235. The molecule has 2 heterocycles. The number of nitrogens with zero attached hydrogens (tertiary/aromatic N) is 2. The van der Waals surface area contributed by atoms with E-state index in [1.807, 2.05) is 30.3 Å². The summed E-state index contributed by atoms with van der Waals surface area (Å²) >= 11 is 0. The lowest BCUT2D eigenvalue weighted by molar-refractivity contribution is -0.121. The third kappa shape index (κ3) is 4.29. The third-order valence-corrected chi connectivity index (χ3v) is 3.35. The highest BCUT2D eigenvalue weighted by molar-refractivity contribution is 5.76. The van der Waals surface area contributed by atoms with Crippen LogP contribution in [0.25, 0.3) is 11.6 Å². The molecule has 2 aromatic heterocycles. The standard InChI is InChI=1S/C17H17N3O3/c21-15(18-11-10-13-5-2-1-3-6-13)8-9-16-19-17(20-23-16)14-7-4-12-22-14/h1-7,12H,8-11H2,(H,18,21). The molecular formula is C17H17N3O3. The summed E-state index contributed by atoms with van der Waals surface area (Å²) in [6.45, 7) is 0.615. The van der Waals surface area contributed by atoms with Crippen LogP contribution in [0.4, 0.5) is 0 Å². The number of benzene rings is 1. The number of amides is 1. The Hall–Kier alpha value is -2.89. The van der Waals surface area contributed by atoms with E-state index in [0.29, 0.717) is 36.9 Å². The van der Waals surface area contributed by atoms with Gasteiger partial charge in [-0.15, -0.1) is 0 Å². The second-order valence-corrected chi connectivity index (χ2v) is 5.07. The number of rotatable bonds is 7. The molecule has 0 saturated carbocycles. The van der Waals surface area contributed by atoms with Crippen molar-refractivity contribution in [1.82, 2.24) is 15.5 Å². The SMILES string of the molecule is O=C(CCc1nc(-c2ccco2)no1)NCCc1ccccc1. The van der Waals surface area contributed by atoms with Crippen LogP contribution >= 0.6 is 0 Å². The number of carbonyl (C=O) groups excluding carboxylic acids is 1. The Labute approximate surface area is 133 Å². The van der Waals surface area contributed by atoms with Gasteiger partial charge in [-0.1, -0.05) is 35.5 Å². The van der Waals surface area contributed by atoms with Crippen LogP contribution < -0.4 is 5.32 Å². The van der Waals surface area contributed by atoms with Gasteiger partial charge in [-0.25, -0.2) is 0 Å². The average Bonchev–Trinajstić information content (AvgIpc) is 3.25. The first-order chi connectivity index (χ1) is 11.3. The molecule has 0 aliphatic rings. The fourth-order valence-electron chi connectivity index (χ4n) is 2.16. The van der Waals surface area contributed by atoms with Crippen molar-refractivity contribution in [3.63, 3.8) is 0 Å². The third-order valence-electron chi connectivity index (χ3n) is 3.35. The van der Waals surface area contributed by atoms with Crippen LogP contribution in [0.3, 0.4) is 0 Å². The Balaban J connectivity index is 1.41. The van der Waals surface area contributed by atoms with Gasteiger partial charge in [0.1, 0.15) is 0 Å². The second-order valence-electron chi connectivity index (χ2n) is 5.07. The van der Waals surface area contributed by atoms with Crippen LogP contribution in [0.15, 0.2) is 57.7 Å². The molecule has 0 aliphatic carbocycles. The molecular weight excluding hydrogens is 294 g/mol. The van der Waals surface area contributed by atoms with Crippen molar-refractivity contribution in [3.8, 4) is 11.6 Å². The summed E-state index contributed by atoms with van der Waals surface area (Å²) < 4.78 is 10.3. The van der Waals surface area contributed by atoms with Crippen LogP contribution in [0.1, 0.15) is 17.9 Å². The molecule has 1 amide bonds. The van der Waals surface area contributed by atoms with Crippen molar-refractivity contribution in [3.05, 3.63) is 60.2 Å². The molecule has 6 nitrogen and oxygen atoms in total. The number of aryl methyl sites for hydroxylation is 1. The molecule has 118 valence electrons. The summed E-state index contributed by atoms with van der Waals surface area (Å²) in [7, 11) is 0. The van der Waals surface area contributed by atoms with Crippen molar-refractivity contribution >= 4 is 5.91 Å². The largest absolute Gasteiger partial charge is 0.461 e. The average molecular weight is 311 g/mol. The van der Waals surface area contributed by atoms with Gasteiger partial charge >= 0.3 is 0 Å². The molecule has 0 saturated heterocycles. The molecule has 23 heavy (non-hydrogen) atoms. The van der Waals surface area contributed by atoms with Crippen molar-refractivity contribution in [2.24, 2.45) is 0 Å². The maximum Gasteiger partial charge on any atom is 0.238 e. The fourth-order valence-corrected chi connectivity index (χ4v) is 2.16. The van der Waals surface area contributed by atoms with E-state index >= 15 is 0 Å². The van der Waals surface area contributed by atoms with Crippen LogP contribution in [0.2, 0.25) is 0 Å². The zero-order chi connectivity index (χ0) is 15.9. The van der Waals surface area contributed by atoms with E-state index in [4.69, 9.17) is 8.94 Å². The van der Waals surface area contributed by atoms with Crippen LogP contribution in [-0.2, 0) is 17.6 Å². The Morgan fingerprint density at radius 1 is 1.09 bits per heavy atom. The molecule has 0 bridgehead atoms. The molecule has 0 spiro atoms. The lowest BCUT2D eigenvalue weighted by Crippen LogP contribution is -2.25. The lowest BCUT2D eigenvalue weighted by Gasteiger charge is -2.04. The molecule has 0 unspecified atom stereocenters. The van der Waals surface area contributed by atoms with E-state index in [9.17, 15) is 4.79 Å². The van der Waals surface area contributed by atoms with Gasteiger partial charge in [0.25, 0.3) is 0 Å². The summed E-state index contributed by atoms with van der Waals surface area (Å²) in [5.74, 6) is 1.34. The minimum absolute atomic E-state index is 0.0290. The van der Waals surface area contributed by atoms with Gasteiger partial charge < -0.3 is 14.3 Å². The Kier molecular flexibility index (Phi) is 4.83. The van der Waals surface area contributed by atoms with Crippen LogP contribution in [0, 0.1) is 0 Å². The number of furan rings is 1. The number of carbonyl (C=O) groups is 1. The smallest absolute Gasteiger partial charge is 0.238 e. The molecule has 0 fully saturated rings. The monoisotopic (exact) mass is 311 g/mol. The lowest BCUT2D eigenvalue weighted by atomic mass is 10.1. The maximum atomic E-state index is 11.8. The van der Waals surface area contributed by atoms with Gasteiger partial charge in [-0.2, -0.15) is 4.98 Å². The van der Waals surface area contributed by atoms with Gasteiger partial charge in [0.2, 0.25) is 17.6 Å². The van der Waals surface area contributed by atoms with E-state index in [1.54, 1.807) is 18.4 Å². The summed E-state index contributed by atoms with van der Waals surface area (Å²) in [6, 6.07) is 13.5. The quantitative estimate of drug-likeness (QED) is 0.725. The summed E-state index contributed by atoms with van der Waals surface area (Å²) in [5.41, 5.74) is 1.20. The normalized spacial score (nSPS) is 10.6. The first-order valence-corrected chi connectivity index (χ1v) is 7.48. The molecule has 1 aromatic carbocycles. The minimum Gasteiger partial charge on any atom is -0.461 e. The summed E-state index contributed by atoms with van der Waals surface area (Å²) in [4.78, 5) is 16.0. The zero-order valence-corrected chi connectivity index (χ0v) is 12.6. The van der Waals surface area contributed by atoms with E-state index in [1.165, 1.54) is 5.56 Å². The molecule has 3 rings (SSSR count). The van der Waals surface area contributed by atoms with Crippen molar-refractivity contribution in [1.29, 1.82) is 0 Å². The van der Waals surface area contributed by atoms with Crippen molar-refractivity contribution < 1.29 is 13.7 Å². The molecule has 0 radical (unpaired) electrons. The van der Waals surface area contributed by atoms with E-state index in [0.717, 1.165) is 6.42 Å². The van der Waals surface area contributed by atoms with Gasteiger partial charge in [0.05, 0.1) is 6.26 Å². The van der Waals surface area contributed by atoms with Gasteiger partial charge in [0, 0.05) is 19.4 Å². The molecule has 3 aromatic rings. The molecule has 0 atom stereocenters. The molecule has 1 N–H and O–H groups in total. The summed E-state index contributed by atoms with van der Waals surface area (Å²) in [5, 5.41) is 6.72. The Morgan fingerprint density at radius 3 is 2.74 bits per heavy atom. The van der Waals surface area contributed by atoms with Gasteiger partial charge in [-0.05, 0) is 24.1 Å². The van der Waals surface area contributed by atoms with Crippen LogP contribution in [-0.4, -0.2) is 22.6 Å². The number of nitrogens with one attached hydrogen (secondary N) is 1. The zero-order valence-electron chi connectivity index (χ0n) is 12.6. The maximum absolute atomic E-state index is 11.8. The highest BCUT2D eigenvalue weighted by atomic mass is 16.5. The number of aromatic nitrogens is 2. The highest BCUT2D eigenvalue weighted by Gasteiger charge is 2.12. The van der Waals surface area contributed by atoms with Crippen molar-refractivity contribution in [2.45, 2.75) is 19.3 Å². The number of hydrogen-bond acceptors (Lipinski definition) is 5. The second kappa shape index (κ2) is 7.40. The predicted octanol–water partition coefficient (Wildman–Crippen LogP) is 2.62. The Morgan fingerprint density at radius 2 is 1.96 bits per heavy atom. The predicted molar refractivity (Wildman–Crippen MR) is 83.5 cm³/mol. The van der Waals surface area contributed by atoms with Crippen molar-refractivity contribution in [2.75, 3.05) is 6.54 Å². The van der Waals surface area contributed by atoms with Crippen LogP contribution in [0.5, 0.6) is 0 Å². The highest BCUT2D eigenvalue weighted by Crippen LogP contribution is 2.16. The van der Waals surface area contributed by atoms with Gasteiger partial charge in [-0.3, -0.25) is 4.79 Å². The molecule has 0 aliphatic heterocycles. The van der Waals surface area contributed by atoms with Gasteiger partial charge in [0.15, 0.2) is 5.76 Å². The summed E-state index contributed by atoms with van der Waals surface area (Å²) in [6.07, 6.45) is 3.08. The topological polar surface area (TPSA) is 81.2 Å². The Bertz CT molecular complexity index is 736. The first-order valence-electron chi connectivity index (χ1n) is 7.48. The number of hydrogen-bond donors (Lipinski definition) is 1. The molecule has 6 heteroatoms. The van der Waals surface area contributed by atoms with E-state index in [-0.39, 0.29) is 5.91 Å². The van der Waals surface area contributed by atoms with E-state index < -0.39 is 0 Å². The first kappa shape index (κ1) is 15.0. The van der Waals surface area contributed by atoms with E-state index in [2.05, 4.69) is 15.5 Å². The minimum atomic E-state index is -0.0290.